The van der Waals surface area contributed by atoms with E-state index in [9.17, 15) is 18.4 Å². The number of pyridine rings is 1. The minimum Gasteiger partial charge on any atom is -0.472 e. The van der Waals surface area contributed by atoms with Crippen molar-refractivity contribution < 1.29 is 27.8 Å². The zero-order valence-electron chi connectivity index (χ0n) is 12.9. The number of carbonyl (C=O) groups excluding carboxylic acids is 2. The number of anilines is 1. The van der Waals surface area contributed by atoms with E-state index in [0.29, 0.717) is 5.69 Å². The molecule has 1 amide bonds. The van der Waals surface area contributed by atoms with Crippen molar-refractivity contribution in [3.05, 3.63) is 41.3 Å². The number of nitrogens with zero attached hydrogens (tertiary/aromatic N) is 1. The van der Waals surface area contributed by atoms with Crippen LogP contribution in [0.3, 0.4) is 0 Å². The van der Waals surface area contributed by atoms with E-state index >= 15 is 0 Å². The number of aryl methyl sites for hydroxylation is 1. The highest BCUT2D eigenvalue weighted by Crippen LogP contribution is 2.19. The number of aromatic nitrogens is 2. The third-order valence-electron chi connectivity index (χ3n) is 2.94. The highest BCUT2D eigenvalue weighted by atomic mass is 19.3. The van der Waals surface area contributed by atoms with E-state index in [1.165, 1.54) is 25.4 Å². The largest absolute Gasteiger partial charge is 0.472 e. The maximum Gasteiger partial charge on any atom is 0.356 e. The number of methoxy groups -OCH3 is 1. The van der Waals surface area contributed by atoms with Gasteiger partial charge in [-0.25, -0.2) is 18.6 Å². The van der Waals surface area contributed by atoms with Crippen LogP contribution in [-0.2, 0) is 4.74 Å². The van der Waals surface area contributed by atoms with E-state index in [1.807, 2.05) is 0 Å². The van der Waals surface area contributed by atoms with Crippen LogP contribution < -0.4 is 10.1 Å². The van der Waals surface area contributed by atoms with Crippen LogP contribution in [0.25, 0.3) is 0 Å². The summed E-state index contributed by atoms with van der Waals surface area (Å²) in [6.45, 7) is 0.895. The Morgan fingerprint density at radius 3 is 2.79 bits per heavy atom. The second-order valence-corrected chi connectivity index (χ2v) is 4.77. The van der Waals surface area contributed by atoms with Crippen molar-refractivity contribution in [2.45, 2.75) is 13.3 Å². The number of H-pyrrole nitrogens is 1. The molecule has 0 bridgehead atoms. The Bertz CT molecular complexity index is 746. The number of amides is 1. The summed E-state index contributed by atoms with van der Waals surface area (Å²) in [7, 11) is 1.22. The minimum atomic E-state index is -2.64. The predicted molar refractivity (Wildman–Crippen MR) is 80.6 cm³/mol. The molecule has 2 N–H and O–H groups in total. The van der Waals surface area contributed by atoms with Crippen LogP contribution in [0.5, 0.6) is 5.88 Å². The van der Waals surface area contributed by atoms with Crippen molar-refractivity contribution in [1.29, 1.82) is 0 Å². The van der Waals surface area contributed by atoms with Crippen LogP contribution in [0.4, 0.5) is 14.5 Å². The molecule has 0 aromatic carbocycles. The molecule has 0 unspecified atom stereocenters. The molecule has 2 aromatic rings. The van der Waals surface area contributed by atoms with E-state index in [1.54, 1.807) is 13.0 Å². The molecule has 0 radical (unpaired) electrons. The standard InChI is InChI=1S/C15H15F2N3O4/c1-8-5-10(13(19-8)15(22)23-2)20-14(21)9-3-4-18-12(6-9)24-7-11(16)17/h3-6,11,19H,7H2,1-2H3,(H,20,21). The summed E-state index contributed by atoms with van der Waals surface area (Å²) >= 11 is 0. The molecule has 0 saturated carbocycles. The molecule has 24 heavy (non-hydrogen) atoms. The Morgan fingerprint density at radius 2 is 2.12 bits per heavy atom. The number of halogens is 2. The average Bonchev–Trinajstić information content (AvgIpc) is 2.92. The van der Waals surface area contributed by atoms with Crippen molar-refractivity contribution in [3.8, 4) is 5.88 Å². The van der Waals surface area contributed by atoms with Crippen molar-refractivity contribution in [3.63, 3.8) is 0 Å². The first-order valence-corrected chi connectivity index (χ1v) is 6.87. The lowest BCUT2D eigenvalue weighted by Gasteiger charge is -2.08. The quantitative estimate of drug-likeness (QED) is 0.788. The zero-order chi connectivity index (χ0) is 17.7. The minimum absolute atomic E-state index is 0.0959. The summed E-state index contributed by atoms with van der Waals surface area (Å²) in [5.74, 6) is -1.28. The van der Waals surface area contributed by atoms with Crippen molar-refractivity contribution in [2.24, 2.45) is 0 Å². The number of nitrogens with one attached hydrogen (secondary N) is 2. The molecule has 0 spiro atoms. The Balaban J connectivity index is 2.16. The smallest absolute Gasteiger partial charge is 0.356 e. The normalized spacial score (nSPS) is 10.5. The number of esters is 1. The summed E-state index contributed by atoms with van der Waals surface area (Å²) < 4.78 is 33.7. The van der Waals surface area contributed by atoms with Gasteiger partial charge in [0, 0.05) is 23.5 Å². The van der Waals surface area contributed by atoms with Crippen molar-refractivity contribution in [1.82, 2.24) is 9.97 Å². The molecule has 0 aliphatic carbocycles. The van der Waals surface area contributed by atoms with Crippen LogP contribution in [0.2, 0.25) is 0 Å². The van der Waals surface area contributed by atoms with Crippen LogP contribution in [0, 0.1) is 6.92 Å². The van der Waals surface area contributed by atoms with Crippen LogP contribution >= 0.6 is 0 Å². The molecule has 0 saturated heterocycles. The summed E-state index contributed by atoms with van der Waals surface area (Å²) in [5.41, 5.74) is 1.15. The number of carbonyl (C=O) groups is 2. The van der Waals surface area contributed by atoms with Gasteiger partial charge in [-0.15, -0.1) is 0 Å². The number of hydrogen-bond donors (Lipinski definition) is 2. The van der Waals surface area contributed by atoms with Gasteiger partial charge in [0.05, 0.1) is 12.8 Å². The molecule has 2 rings (SSSR count). The van der Waals surface area contributed by atoms with Gasteiger partial charge in [-0.2, -0.15) is 0 Å². The fraction of sp³-hybridized carbons (Fsp3) is 0.267. The average molecular weight is 339 g/mol. The van der Waals surface area contributed by atoms with Crippen LogP contribution in [0.1, 0.15) is 26.5 Å². The number of ether oxygens (including phenoxy) is 2. The van der Waals surface area contributed by atoms with E-state index in [2.05, 4.69) is 20.0 Å². The van der Waals surface area contributed by atoms with E-state index < -0.39 is 24.9 Å². The topological polar surface area (TPSA) is 93.3 Å². The van der Waals surface area contributed by atoms with E-state index in [0.717, 1.165) is 0 Å². The summed E-state index contributed by atoms with van der Waals surface area (Å²) in [6, 6.07) is 4.19. The summed E-state index contributed by atoms with van der Waals surface area (Å²) in [4.78, 5) is 30.5. The molecule has 0 aliphatic heterocycles. The van der Waals surface area contributed by atoms with Gasteiger partial charge < -0.3 is 19.8 Å². The maximum absolute atomic E-state index is 12.3. The lowest BCUT2D eigenvalue weighted by molar-refractivity contribution is 0.0596. The number of aromatic amines is 1. The maximum atomic E-state index is 12.3. The van der Waals surface area contributed by atoms with Gasteiger partial charge in [0.15, 0.2) is 6.61 Å². The van der Waals surface area contributed by atoms with Crippen LogP contribution in [0.15, 0.2) is 24.4 Å². The molecule has 7 nitrogen and oxygen atoms in total. The molecule has 9 heteroatoms. The van der Waals surface area contributed by atoms with Gasteiger partial charge >= 0.3 is 5.97 Å². The van der Waals surface area contributed by atoms with Crippen LogP contribution in [-0.4, -0.2) is 42.0 Å². The lowest BCUT2D eigenvalue weighted by atomic mass is 10.2. The first-order chi connectivity index (χ1) is 11.4. The molecule has 2 aromatic heterocycles. The molecule has 128 valence electrons. The van der Waals surface area contributed by atoms with Crippen molar-refractivity contribution in [2.75, 3.05) is 19.0 Å². The number of hydrogen-bond acceptors (Lipinski definition) is 5. The molecular formula is C15H15F2N3O4. The molecule has 0 fully saturated rings. The summed E-state index contributed by atoms with van der Waals surface area (Å²) in [6.07, 6.45) is -1.38. The number of alkyl halides is 2. The third-order valence-corrected chi connectivity index (χ3v) is 2.94. The molecular weight excluding hydrogens is 324 g/mol. The molecule has 0 atom stereocenters. The number of rotatable bonds is 6. The zero-order valence-corrected chi connectivity index (χ0v) is 12.9. The first-order valence-electron chi connectivity index (χ1n) is 6.87. The van der Waals surface area contributed by atoms with Gasteiger partial charge in [0.25, 0.3) is 12.3 Å². The summed E-state index contributed by atoms with van der Waals surface area (Å²) in [5, 5.41) is 2.55. The van der Waals surface area contributed by atoms with E-state index in [4.69, 9.17) is 4.74 Å². The van der Waals surface area contributed by atoms with Gasteiger partial charge in [-0.3, -0.25) is 4.79 Å². The predicted octanol–water partition coefficient (Wildman–Crippen LogP) is 2.40. The second-order valence-electron chi connectivity index (χ2n) is 4.77. The molecule has 0 aliphatic rings. The van der Waals surface area contributed by atoms with Crippen molar-refractivity contribution >= 4 is 17.6 Å². The molecule has 2 heterocycles. The van der Waals surface area contributed by atoms with Gasteiger partial charge in [0.2, 0.25) is 5.88 Å². The SMILES string of the molecule is COC(=O)c1[nH]c(C)cc1NC(=O)c1ccnc(OCC(F)F)c1. The third kappa shape index (κ3) is 4.28. The van der Waals surface area contributed by atoms with E-state index in [-0.39, 0.29) is 22.8 Å². The fourth-order valence-electron chi connectivity index (χ4n) is 1.92. The Hall–Kier alpha value is -2.97. The Kier molecular flexibility index (Phi) is 5.46. The highest BCUT2D eigenvalue weighted by Gasteiger charge is 2.18. The Labute approximate surface area is 136 Å². The monoisotopic (exact) mass is 339 g/mol. The second kappa shape index (κ2) is 7.53. The van der Waals surface area contributed by atoms with Gasteiger partial charge in [-0.05, 0) is 19.1 Å². The Morgan fingerprint density at radius 1 is 1.38 bits per heavy atom. The van der Waals surface area contributed by atoms with Gasteiger partial charge in [-0.1, -0.05) is 0 Å². The lowest BCUT2D eigenvalue weighted by Crippen LogP contribution is -2.15. The fourth-order valence-corrected chi connectivity index (χ4v) is 1.92. The highest BCUT2D eigenvalue weighted by molar-refractivity contribution is 6.07. The first kappa shape index (κ1) is 17.4. The van der Waals surface area contributed by atoms with Gasteiger partial charge in [0.1, 0.15) is 5.69 Å².